The quantitative estimate of drug-likeness (QED) is 0.855. The van der Waals surface area contributed by atoms with E-state index >= 15 is 0 Å². The fraction of sp³-hybridized carbons (Fsp3) is 0.538. The van der Waals surface area contributed by atoms with Gasteiger partial charge in [-0.25, -0.2) is 0 Å². The van der Waals surface area contributed by atoms with Gasteiger partial charge in [-0.1, -0.05) is 11.6 Å². The summed E-state index contributed by atoms with van der Waals surface area (Å²) in [6.07, 6.45) is 0.944. The highest BCUT2D eigenvalue weighted by molar-refractivity contribution is 6.31. The van der Waals surface area contributed by atoms with Gasteiger partial charge in [0.25, 0.3) is 0 Å². The Morgan fingerprint density at radius 1 is 1.38 bits per heavy atom. The van der Waals surface area contributed by atoms with E-state index in [0.29, 0.717) is 6.61 Å². The summed E-state index contributed by atoms with van der Waals surface area (Å²) in [5.74, 6) is 1.000. The van der Waals surface area contributed by atoms with Crippen molar-refractivity contribution in [1.29, 1.82) is 0 Å². The van der Waals surface area contributed by atoms with E-state index in [-0.39, 0.29) is 0 Å². The molecule has 0 spiro atoms. The highest BCUT2D eigenvalue weighted by atomic mass is 35.5. The summed E-state index contributed by atoms with van der Waals surface area (Å²) in [7, 11) is 1.95. The van der Waals surface area contributed by atoms with Crippen LogP contribution in [0.1, 0.15) is 23.6 Å². The molecule has 1 rings (SSSR count). The molecule has 0 atom stereocenters. The van der Waals surface area contributed by atoms with Crippen molar-refractivity contribution in [3.63, 3.8) is 0 Å². The number of hydrogen-bond donors (Lipinski definition) is 1. The smallest absolute Gasteiger partial charge is 0.125 e. The predicted molar refractivity (Wildman–Crippen MR) is 69.7 cm³/mol. The number of halogens is 1. The van der Waals surface area contributed by atoms with Crippen LogP contribution in [0.25, 0.3) is 0 Å². The molecule has 0 amide bonds. The SMILES string of the molecule is CCOc1c(C)cc(Cl)c(C)c1CCNC. The van der Waals surface area contributed by atoms with E-state index in [1.54, 1.807) is 0 Å². The standard InChI is InChI=1S/C13H20ClNO/c1-5-16-13-9(2)8-12(14)10(3)11(13)6-7-15-4/h8,15H,5-7H2,1-4H3. The number of aryl methyl sites for hydroxylation is 1. The second kappa shape index (κ2) is 6.12. The molecule has 0 aliphatic carbocycles. The Morgan fingerprint density at radius 2 is 2.06 bits per heavy atom. The first kappa shape index (κ1) is 13.3. The molecule has 0 radical (unpaired) electrons. The van der Waals surface area contributed by atoms with Gasteiger partial charge in [0.05, 0.1) is 6.61 Å². The van der Waals surface area contributed by atoms with Gasteiger partial charge in [0, 0.05) is 10.6 Å². The Labute approximate surface area is 103 Å². The van der Waals surface area contributed by atoms with Crippen LogP contribution in [0.15, 0.2) is 6.07 Å². The monoisotopic (exact) mass is 241 g/mol. The van der Waals surface area contributed by atoms with Crippen molar-refractivity contribution in [2.45, 2.75) is 27.2 Å². The predicted octanol–water partition coefficient (Wildman–Crippen LogP) is 3.12. The number of rotatable bonds is 5. The van der Waals surface area contributed by atoms with Gasteiger partial charge >= 0.3 is 0 Å². The van der Waals surface area contributed by atoms with Crippen LogP contribution >= 0.6 is 11.6 Å². The van der Waals surface area contributed by atoms with Crippen LogP contribution in [0.5, 0.6) is 5.75 Å². The van der Waals surface area contributed by atoms with Crippen LogP contribution in [0.3, 0.4) is 0 Å². The lowest BCUT2D eigenvalue weighted by molar-refractivity contribution is 0.333. The lowest BCUT2D eigenvalue weighted by Gasteiger charge is -2.17. The summed E-state index contributed by atoms with van der Waals surface area (Å²) >= 11 is 6.19. The maximum absolute atomic E-state index is 6.19. The molecule has 1 aromatic carbocycles. The summed E-state index contributed by atoms with van der Waals surface area (Å²) in [6, 6.07) is 1.98. The molecule has 2 nitrogen and oxygen atoms in total. The molecule has 16 heavy (non-hydrogen) atoms. The lowest BCUT2D eigenvalue weighted by atomic mass is 10.0. The molecule has 0 fully saturated rings. The Hall–Kier alpha value is -0.730. The Morgan fingerprint density at radius 3 is 2.62 bits per heavy atom. The minimum Gasteiger partial charge on any atom is -0.493 e. The van der Waals surface area contributed by atoms with Gasteiger partial charge in [-0.05, 0) is 58.0 Å². The van der Waals surface area contributed by atoms with Crippen molar-refractivity contribution in [3.8, 4) is 5.75 Å². The average Bonchev–Trinajstić information content (AvgIpc) is 2.25. The fourth-order valence-corrected chi connectivity index (χ4v) is 2.09. The number of benzene rings is 1. The minimum atomic E-state index is 0.689. The normalized spacial score (nSPS) is 10.6. The van der Waals surface area contributed by atoms with Gasteiger partial charge in [-0.15, -0.1) is 0 Å². The third-order valence-electron chi connectivity index (χ3n) is 2.70. The highest BCUT2D eigenvalue weighted by Gasteiger charge is 2.13. The molecule has 0 aliphatic rings. The molecule has 0 aromatic heterocycles. The molecule has 0 heterocycles. The van der Waals surface area contributed by atoms with E-state index in [2.05, 4.69) is 12.2 Å². The first-order valence-electron chi connectivity index (χ1n) is 5.67. The zero-order valence-corrected chi connectivity index (χ0v) is 11.2. The first-order chi connectivity index (χ1) is 7.61. The second-order valence-electron chi connectivity index (χ2n) is 3.89. The van der Waals surface area contributed by atoms with E-state index in [1.807, 2.05) is 27.0 Å². The third kappa shape index (κ3) is 2.89. The van der Waals surface area contributed by atoms with Crippen molar-refractivity contribution in [2.75, 3.05) is 20.2 Å². The lowest BCUT2D eigenvalue weighted by Crippen LogP contribution is -2.13. The summed E-state index contributed by atoms with van der Waals surface area (Å²) in [5.41, 5.74) is 3.47. The Balaban J connectivity index is 3.16. The van der Waals surface area contributed by atoms with E-state index in [9.17, 15) is 0 Å². The van der Waals surface area contributed by atoms with E-state index in [1.165, 1.54) is 5.56 Å². The molecular formula is C13H20ClNO. The minimum absolute atomic E-state index is 0.689. The zero-order chi connectivity index (χ0) is 12.1. The van der Waals surface area contributed by atoms with Crippen LogP contribution < -0.4 is 10.1 Å². The average molecular weight is 242 g/mol. The molecule has 0 saturated heterocycles. The largest absolute Gasteiger partial charge is 0.493 e. The van der Waals surface area contributed by atoms with E-state index in [4.69, 9.17) is 16.3 Å². The second-order valence-corrected chi connectivity index (χ2v) is 4.30. The zero-order valence-electron chi connectivity index (χ0n) is 10.5. The number of ether oxygens (including phenoxy) is 1. The van der Waals surface area contributed by atoms with Crippen LogP contribution in [-0.4, -0.2) is 20.2 Å². The molecule has 90 valence electrons. The third-order valence-corrected chi connectivity index (χ3v) is 3.09. The van der Waals surface area contributed by atoms with Crippen LogP contribution in [0.4, 0.5) is 0 Å². The molecule has 0 bridgehead atoms. The van der Waals surface area contributed by atoms with E-state index < -0.39 is 0 Å². The molecule has 0 aliphatic heterocycles. The van der Waals surface area contributed by atoms with Crippen molar-refractivity contribution in [1.82, 2.24) is 5.32 Å². The van der Waals surface area contributed by atoms with Gasteiger partial charge in [0.1, 0.15) is 5.75 Å². The van der Waals surface area contributed by atoms with Crippen molar-refractivity contribution in [2.24, 2.45) is 0 Å². The Kier molecular flexibility index (Phi) is 5.10. The van der Waals surface area contributed by atoms with Gasteiger partial charge < -0.3 is 10.1 Å². The van der Waals surface area contributed by atoms with Crippen LogP contribution in [0.2, 0.25) is 5.02 Å². The molecule has 3 heteroatoms. The van der Waals surface area contributed by atoms with Crippen molar-refractivity contribution < 1.29 is 4.74 Å². The van der Waals surface area contributed by atoms with Crippen molar-refractivity contribution in [3.05, 3.63) is 27.8 Å². The highest BCUT2D eigenvalue weighted by Crippen LogP contribution is 2.32. The number of hydrogen-bond acceptors (Lipinski definition) is 2. The molecule has 1 aromatic rings. The molecule has 0 unspecified atom stereocenters. The van der Waals surface area contributed by atoms with Gasteiger partial charge in [0.15, 0.2) is 0 Å². The summed E-state index contributed by atoms with van der Waals surface area (Å²) in [6.45, 7) is 7.72. The molecular weight excluding hydrogens is 222 g/mol. The Bertz CT molecular complexity index is 363. The van der Waals surface area contributed by atoms with Gasteiger partial charge in [-0.3, -0.25) is 0 Å². The summed E-state index contributed by atoms with van der Waals surface area (Å²) in [4.78, 5) is 0. The summed E-state index contributed by atoms with van der Waals surface area (Å²) in [5, 5.41) is 3.98. The van der Waals surface area contributed by atoms with Crippen LogP contribution in [0, 0.1) is 13.8 Å². The number of likely N-dealkylation sites (N-methyl/N-ethyl adjacent to an activating group) is 1. The van der Waals surface area contributed by atoms with E-state index in [0.717, 1.165) is 34.9 Å². The first-order valence-corrected chi connectivity index (χ1v) is 6.05. The fourth-order valence-electron chi connectivity index (χ4n) is 1.81. The van der Waals surface area contributed by atoms with Crippen molar-refractivity contribution >= 4 is 11.6 Å². The maximum atomic E-state index is 6.19. The molecule has 1 N–H and O–H groups in total. The summed E-state index contributed by atoms with van der Waals surface area (Å²) < 4.78 is 5.71. The topological polar surface area (TPSA) is 21.3 Å². The van der Waals surface area contributed by atoms with Crippen LogP contribution in [-0.2, 0) is 6.42 Å². The maximum Gasteiger partial charge on any atom is 0.125 e. The number of nitrogens with one attached hydrogen (secondary N) is 1. The van der Waals surface area contributed by atoms with Gasteiger partial charge in [-0.2, -0.15) is 0 Å². The molecule has 0 saturated carbocycles. The van der Waals surface area contributed by atoms with Gasteiger partial charge in [0.2, 0.25) is 0 Å².